The summed E-state index contributed by atoms with van der Waals surface area (Å²) in [5.74, 6) is 2.50. The zero-order chi connectivity index (χ0) is 21.8. The molecule has 0 radical (unpaired) electrons. The van der Waals surface area contributed by atoms with E-state index in [1.807, 2.05) is 61.7 Å². The van der Waals surface area contributed by atoms with Crippen LogP contribution in [0.4, 0.5) is 0 Å². The summed E-state index contributed by atoms with van der Waals surface area (Å²) in [6, 6.07) is 11.9. The number of nitrogens with two attached hydrogens (primary N) is 1. The van der Waals surface area contributed by atoms with Crippen molar-refractivity contribution >= 4 is 5.96 Å². The van der Waals surface area contributed by atoms with Gasteiger partial charge in [0.1, 0.15) is 11.6 Å². The molecular formula is C23H31N7O. The molecule has 0 saturated carbocycles. The van der Waals surface area contributed by atoms with Crippen LogP contribution in [0.25, 0.3) is 0 Å². The van der Waals surface area contributed by atoms with Crippen LogP contribution in [0.15, 0.2) is 65.7 Å². The molecular weight excluding hydrogens is 390 g/mol. The average molecular weight is 422 g/mol. The fourth-order valence-corrected chi connectivity index (χ4v) is 3.87. The van der Waals surface area contributed by atoms with Crippen LogP contribution in [0.2, 0.25) is 0 Å². The van der Waals surface area contributed by atoms with E-state index in [1.165, 1.54) is 5.56 Å². The molecule has 1 aromatic carbocycles. The van der Waals surface area contributed by atoms with Crippen LogP contribution < -0.4 is 15.8 Å². The Morgan fingerprint density at radius 1 is 1.13 bits per heavy atom. The van der Waals surface area contributed by atoms with Crippen LogP contribution in [0, 0.1) is 0 Å². The van der Waals surface area contributed by atoms with E-state index in [-0.39, 0.29) is 0 Å². The largest absolute Gasteiger partial charge is 0.497 e. The Kier molecular flexibility index (Phi) is 6.11. The number of rotatable bonds is 5. The predicted molar refractivity (Wildman–Crippen MR) is 122 cm³/mol. The number of benzene rings is 1. The number of hydrogen-bond acceptors (Lipinski definition) is 8. The van der Waals surface area contributed by atoms with Crippen molar-refractivity contribution in [1.29, 1.82) is 0 Å². The van der Waals surface area contributed by atoms with Gasteiger partial charge in [0, 0.05) is 70.9 Å². The van der Waals surface area contributed by atoms with Crippen LogP contribution in [0.1, 0.15) is 11.1 Å². The van der Waals surface area contributed by atoms with Crippen LogP contribution >= 0.6 is 0 Å². The molecule has 1 saturated heterocycles. The van der Waals surface area contributed by atoms with Gasteiger partial charge in [-0.3, -0.25) is 15.6 Å². The Hall–Kier alpha value is -3.10. The molecule has 4 rings (SSSR count). The van der Waals surface area contributed by atoms with Gasteiger partial charge in [-0.2, -0.15) is 0 Å². The maximum absolute atomic E-state index is 6.83. The maximum atomic E-state index is 6.83. The molecule has 2 aliphatic heterocycles. The van der Waals surface area contributed by atoms with Gasteiger partial charge in [-0.15, -0.1) is 0 Å². The van der Waals surface area contributed by atoms with Crippen molar-refractivity contribution < 1.29 is 4.74 Å². The number of hydrogen-bond donors (Lipinski definition) is 2. The number of pyridine rings is 1. The molecule has 1 aromatic heterocycles. The van der Waals surface area contributed by atoms with Gasteiger partial charge in [0.15, 0.2) is 5.66 Å². The molecule has 2 aromatic rings. The van der Waals surface area contributed by atoms with E-state index >= 15 is 0 Å². The Balaban J connectivity index is 1.52. The smallest absolute Gasteiger partial charge is 0.202 e. The third kappa shape index (κ3) is 4.81. The molecule has 2 aliphatic rings. The Bertz CT molecular complexity index is 951. The first-order valence-electron chi connectivity index (χ1n) is 10.5. The van der Waals surface area contributed by atoms with Gasteiger partial charge in [-0.25, -0.2) is 4.99 Å². The first-order valence-corrected chi connectivity index (χ1v) is 10.5. The molecule has 1 unspecified atom stereocenters. The number of nitrogens with zero attached hydrogens (tertiary/aromatic N) is 5. The quantitative estimate of drug-likeness (QED) is 0.755. The highest BCUT2D eigenvalue weighted by Gasteiger charge is 2.33. The van der Waals surface area contributed by atoms with Gasteiger partial charge in [0.05, 0.1) is 7.11 Å². The molecule has 0 aliphatic carbocycles. The highest BCUT2D eigenvalue weighted by Crippen LogP contribution is 2.29. The summed E-state index contributed by atoms with van der Waals surface area (Å²) >= 11 is 0. The Morgan fingerprint density at radius 2 is 1.87 bits per heavy atom. The third-order valence-corrected chi connectivity index (χ3v) is 5.73. The molecule has 8 nitrogen and oxygen atoms in total. The number of guanidine groups is 1. The van der Waals surface area contributed by atoms with Gasteiger partial charge in [-0.1, -0.05) is 12.1 Å². The van der Waals surface area contributed by atoms with Crippen LogP contribution in [-0.2, 0) is 12.2 Å². The zero-order valence-corrected chi connectivity index (χ0v) is 18.5. The van der Waals surface area contributed by atoms with Crippen LogP contribution in [0.5, 0.6) is 5.75 Å². The summed E-state index contributed by atoms with van der Waals surface area (Å²) in [5.41, 5.74) is 8.04. The fourth-order valence-electron chi connectivity index (χ4n) is 3.87. The number of nitrogens with one attached hydrogen (secondary N) is 1. The molecule has 3 N–H and O–H groups in total. The molecule has 164 valence electrons. The van der Waals surface area contributed by atoms with E-state index in [1.54, 1.807) is 7.11 Å². The number of aliphatic imine (C=N–C) groups is 1. The van der Waals surface area contributed by atoms with Gasteiger partial charge in [-0.05, 0) is 29.8 Å². The first-order chi connectivity index (χ1) is 15.0. The average Bonchev–Trinajstić information content (AvgIpc) is 2.80. The predicted octanol–water partition coefficient (Wildman–Crippen LogP) is 1.38. The minimum Gasteiger partial charge on any atom is -0.497 e. The van der Waals surface area contributed by atoms with E-state index in [2.05, 4.69) is 32.2 Å². The Labute approximate surface area is 184 Å². The van der Waals surface area contributed by atoms with Crippen molar-refractivity contribution in [3.8, 4) is 5.75 Å². The second-order valence-corrected chi connectivity index (χ2v) is 8.16. The lowest BCUT2D eigenvalue weighted by Gasteiger charge is -2.40. The molecule has 0 spiro atoms. The molecule has 0 bridgehead atoms. The van der Waals surface area contributed by atoms with E-state index in [9.17, 15) is 0 Å². The van der Waals surface area contributed by atoms with E-state index in [0.29, 0.717) is 0 Å². The zero-order valence-electron chi connectivity index (χ0n) is 18.5. The van der Waals surface area contributed by atoms with Crippen LogP contribution in [0.3, 0.4) is 0 Å². The van der Waals surface area contributed by atoms with Crippen molar-refractivity contribution in [2.45, 2.75) is 12.2 Å². The number of ether oxygens (including phenoxy) is 1. The standard InChI is InChI=1S/C23H31N7O/c1-28(2)21-16-23(24,19-5-4-6-20(15-19)31-3)27-22(26-21)30-13-11-29(12-14-30)17-18-7-9-25-10-8-18/h4-10,15-16H,11-14,17,24H2,1-3H3,(H,26,27). The van der Waals surface area contributed by atoms with Crippen LogP contribution in [-0.4, -0.2) is 73.0 Å². The van der Waals surface area contributed by atoms with E-state index < -0.39 is 5.66 Å². The molecule has 1 atom stereocenters. The monoisotopic (exact) mass is 421 g/mol. The first kappa shape index (κ1) is 21.1. The lowest BCUT2D eigenvalue weighted by atomic mass is 9.99. The van der Waals surface area contributed by atoms with Crippen molar-refractivity contribution in [2.24, 2.45) is 10.7 Å². The van der Waals surface area contributed by atoms with Crippen molar-refractivity contribution in [2.75, 3.05) is 47.4 Å². The number of aromatic nitrogens is 1. The van der Waals surface area contributed by atoms with Crippen molar-refractivity contribution in [1.82, 2.24) is 25.0 Å². The fraction of sp³-hybridized carbons (Fsp3) is 0.391. The Morgan fingerprint density at radius 3 is 2.55 bits per heavy atom. The van der Waals surface area contributed by atoms with Gasteiger partial charge in [0.25, 0.3) is 0 Å². The molecule has 3 heterocycles. The molecule has 1 fully saturated rings. The second-order valence-electron chi connectivity index (χ2n) is 8.16. The molecule has 0 amide bonds. The van der Waals surface area contributed by atoms with E-state index in [0.717, 1.165) is 55.8 Å². The minimum atomic E-state index is -0.969. The maximum Gasteiger partial charge on any atom is 0.202 e. The van der Waals surface area contributed by atoms with Gasteiger partial charge in [0.2, 0.25) is 5.96 Å². The molecule has 31 heavy (non-hydrogen) atoms. The highest BCUT2D eigenvalue weighted by molar-refractivity contribution is 5.83. The van der Waals surface area contributed by atoms with E-state index in [4.69, 9.17) is 15.5 Å². The lowest BCUT2D eigenvalue weighted by molar-refractivity contribution is 0.171. The lowest BCUT2D eigenvalue weighted by Crippen LogP contribution is -2.56. The minimum absolute atomic E-state index is 0.766. The summed E-state index contributed by atoms with van der Waals surface area (Å²) in [4.78, 5) is 15.8. The normalized spacial score (nSPS) is 21.7. The highest BCUT2D eigenvalue weighted by atomic mass is 16.5. The van der Waals surface area contributed by atoms with Gasteiger partial charge < -0.3 is 19.9 Å². The number of piperazine rings is 1. The summed E-state index contributed by atoms with van der Waals surface area (Å²) in [6.45, 7) is 4.61. The van der Waals surface area contributed by atoms with Crippen molar-refractivity contribution in [3.05, 3.63) is 71.8 Å². The third-order valence-electron chi connectivity index (χ3n) is 5.73. The SMILES string of the molecule is COc1cccc(C2(N)C=C(N(C)C)NC(N3CCN(Cc4ccncc4)CC3)=N2)c1. The van der Waals surface area contributed by atoms with Crippen molar-refractivity contribution in [3.63, 3.8) is 0 Å². The molecule has 8 heteroatoms. The summed E-state index contributed by atoms with van der Waals surface area (Å²) < 4.78 is 5.40. The summed E-state index contributed by atoms with van der Waals surface area (Å²) in [7, 11) is 5.66. The topological polar surface area (TPSA) is 82.3 Å². The summed E-state index contributed by atoms with van der Waals surface area (Å²) in [6.07, 6.45) is 5.66. The number of methoxy groups -OCH3 is 1. The second kappa shape index (κ2) is 8.95. The summed E-state index contributed by atoms with van der Waals surface area (Å²) in [5, 5.41) is 3.47. The van der Waals surface area contributed by atoms with Gasteiger partial charge >= 0.3 is 0 Å².